The molecule has 0 saturated carbocycles. The zero-order valence-electron chi connectivity index (χ0n) is 11.8. The minimum atomic E-state index is -0.208. The molecular formula is C16H20N2O2. The van der Waals surface area contributed by atoms with Crippen molar-refractivity contribution < 1.29 is 9.53 Å². The molecule has 1 heterocycles. The highest BCUT2D eigenvalue weighted by Crippen LogP contribution is 2.18. The van der Waals surface area contributed by atoms with Gasteiger partial charge in [0.05, 0.1) is 6.61 Å². The van der Waals surface area contributed by atoms with Crippen LogP contribution >= 0.6 is 0 Å². The number of ether oxygens (including phenoxy) is 1. The van der Waals surface area contributed by atoms with Gasteiger partial charge in [0.25, 0.3) is 0 Å². The lowest BCUT2D eigenvalue weighted by Crippen LogP contribution is -2.42. The van der Waals surface area contributed by atoms with Gasteiger partial charge in [-0.3, -0.25) is 0 Å². The molecule has 20 heavy (non-hydrogen) atoms. The number of anilines is 1. The quantitative estimate of drug-likeness (QED) is 0.860. The summed E-state index contributed by atoms with van der Waals surface area (Å²) in [4.78, 5) is 13.4. The highest BCUT2D eigenvalue weighted by Gasteiger charge is 2.23. The topological polar surface area (TPSA) is 41.6 Å². The fourth-order valence-corrected chi connectivity index (χ4v) is 2.36. The lowest BCUT2D eigenvalue weighted by atomic mass is 10.0. The summed E-state index contributed by atoms with van der Waals surface area (Å²) in [6.07, 6.45) is 7.02. The highest BCUT2D eigenvalue weighted by molar-refractivity contribution is 5.67. The first-order valence-corrected chi connectivity index (χ1v) is 6.98. The molecule has 0 bridgehead atoms. The van der Waals surface area contributed by atoms with Crippen LogP contribution in [0.15, 0.2) is 24.3 Å². The SMILES string of the molecule is C#Cc1cccc(NC2CCN(C(=O)OCC)CC2)c1. The Kier molecular flexibility index (Phi) is 4.89. The average molecular weight is 272 g/mol. The van der Waals surface area contributed by atoms with E-state index >= 15 is 0 Å². The molecule has 0 spiro atoms. The van der Waals surface area contributed by atoms with E-state index in [1.807, 2.05) is 31.2 Å². The Morgan fingerprint density at radius 3 is 2.90 bits per heavy atom. The number of carbonyl (C=O) groups excluding carboxylic acids is 1. The second-order valence-corrected chi connectivity index (χ2v) is 4.83. The van der Waals surface area contributed by atoms with E-state index in [9.17, 15) is 4.79 Å². The number of benzene rings is 1. The Hall–Kier alpha value is -2.15. The summed E-state index contributed by atoms with van der Waals surface area (Å²) in [5, 5.41) is 3.47. The maximum atomic E-state index is 11.6. The van der Waals surface area contributed by atoms with Crippen LogP contribution in [0.4, 0.5) is 10.5 Å². The lowest BCUT2D eigenvalue weighted by Gasteiger charge is -2.32. The third-order valence-electron chi connectivity index (χ3n) is 3.42. The molecule has 0 aromatic heterocycles. The van der Waals surface area contributed by atoms with Crippen molar-refractivity contribution in [3.8, 4) is 12.3 Å². The van der Waals surface area contributed by atoms with Crippen molar-refractivity contribution in [2.75, 3.05) is 25.0 Å². The van der Waals surface area contributed by atoms with Gasteiger partial charge in [-0.15, -0.1) is 6.42 Å². The van der Waals surface area contributed by atoms with Crippen LogP contribution in [0.25, 0.3) is 0 Å². The number of hydrogen-bond donors (Lipinski definition) is 1. The zero-order chi connectivity index (χ0) is 14.4. The molecule has 1 aliphatic rings. The van der Waals surface area contributed by atoms with E-state index < -0.39 is 0 Å². The van der Waals surface area contributed by atoms with E-state index in [0.717, 1.165) is 37.2 Å². The first-order chi connectivity index (χ1) is 9.72. The van der Waals surface area contributed by atoms with Gasteiger partial charge in [0.2, 0.25) is 0 Å². The van der Waals surface area contributed by atoms with Crippen LogP contribution in [-0.4, -0.2) is 36.7 Å². The third-order valence-corrected chi connectivity index (χ3v) is 3.42. The molecule has 1 fully saturated rings. The highest BCUT2D eigenvalue weighted by atomic mass is 16.6. The Morgan fingerprint density at radius 1 is 1.50 bits per heavy atom. The number of nitrogens with zero attached hydrogens (tertiary/aromatic N) is 1. The van der Waals surface area contributed by atoms with E-state index in [-0.39, 0.29) is 6.09 Å². The minimum Gasteiger partial charge on any atom is -0.450 e. The normalized spacial score (nSPS) is 15.5. The van der Waals surface area contributed by atoms with Crippen LogP contribution in [0.5, 0.6) is 0 Å². The summed E-state index contributed by atoms with van der Waals surface area (Å²) in [7, 11) is 0. The van der Waals surface area contributed by atoms with Gasteiger partial charge in [-0.25, -0.2) is 4.79 Å². The second-order valence-electron chi connectivity index (χ2n) is 4.83. The Balaban J connectivity index is 1.85. The fourth-order valence-electron chi connectivity index (χ4n) is 2.36. The van der Waals surface area contributed by atoms with Crippen molar-refractivity contribution in [2.24, 2.45) is 0 Å². The fraction of sp³-hybridized carbons (Fsp3) is 0.438. The van der Waals surface area contributed by atoms with Crippen molar-refractivity contribution in [3.05, 3.63) is 29.8 Å². The molecule has 4 heteroatoms. The molecule has 0 radical (unpaired) electrons. The average Bonchev–Trinajstić information content (AvgIpc) is 2.48. The monoisotopic (exact) mass is 272 g/mol. The molecule has 1 aliphatic heterocycles. The van der Waals surface area contributed by atoms with Crippen LogP contribution in [0.1, 0.15) is 25.3 Å². The standard InChI is InChI=1S/C16H20N2O2/c1-3-13-6-5-7-15(12-13)17-14-8-10-18(11-9-14)16(19)20-4-2/h1,5-7,12,14,17H,4,8-11H2,2H3. The molecule has 0 unspecified atom stereocenters. The largest absolute Gasteiger partial charge is 0.450 e. The summed E-state index contributed by atoms with van der Waals surface area (Å²) in [5.74, 6) is 2.63. The van der Waals surface area contributed by atoms with Crippen LogP contribution in [-0.2, 0) is 4.74 Å². The van der Waals surface area contributed by atoms with Gasteiger partial charge >= 0.3 is 6.09 Å². The maximum absolute atomic E-state index is 11.6. The smallest absolute Gasteiger partial charge is 0.409 e. The van der Waals surface area contributed by atoms with E-state index in [2.05, 4.69) is 11.2 Å². The number of piperidine rings is 1. The maximum Gasteiger partial charge on any atom is 0.409 e. The number of terminal acetylenes is 1. The number of nitrogens with one attached hydrogen (secondary N) is 1. The Morgan fingerprint density at radius 2 is 2.25 bits per heavy atom. The molecule has 0 atom stereocenters. The Labute approximate surface area is 120 Å². The molecule has 1 amide bonds. The molecule has 1 saturated heterocycles. The first kappa shape index (κ1) is 14.3. The van der Waals surface area contributed by atoms with E-state index in [0.29, 0.717) is 12.6 Å². The van der Waals surface area contributed by atoms with Crippen molar-refractivity contribution in [1.29, 1.82) is 0 Å². The zero-order valence-corrected chi connectivity index (χ0v) is 11.8. The molecular weight excluding hydrogens is 252 g/mol. The summed E-state index contributed by atoms with van der Waals surface area (Å²) >= 11 is 0. The predicted octanol–water partition coefficient (Wildman–Crippen LogP) is 2.70. The van der Waals surface area contributed by atoms with Crippen LogP contribution in [0.3, 0.4) is 0 Å². The van der Waals surface area contributed by atoms with Gasteiger partial charge in [0.15, 0.2) is 0 Å². The second kappa shape index (κ2) is 6.85. The summed E-state index contributed by atoms with van der Waals surface area (Å²) in [5.41, 5.74) is 1.91. The number of rotatable bonds is 3. The van der Waals surface area contributed by atoms with Gasteiger partial charge < -0.3 is 15.0 Å². The molecule has 106 valence electrons. The third kappa shape index (κ3) is 3.67. The van der Waals surface area contributed by atoms with E-state index in [4.69, 9.17) is 11.2 Å². The Bertz CT molecular complexity index is 499. The van der Waals surface area contributed by atoms with Gasteiger partial charge in [0.1, 0.15) is 0 Å². The summed E-state index contributed by atoms with van der Waals surface area (Å²) in [6.45, 7) is 3.71. The van der Waals surface area contributed by atoms with Crippen LogP contribution in [0.2, 0.25) is 0 Å². The summed E-state index contributed by atoms with van der Waals surface area (Å²) < 4.78 is 5.01. The van der Waals surface area contributed by atoms with Crippen molar-refractivity contribution in [3.63, 3.8) is 0 Å². The minimum absolute atomic E-state index is 0.208. The van der Waals surface area contributed by atoms with E-state index in [1.54, 1.807) is 4.90 Å². The van der Waals surface area contributed by atoms with Crippen LogP contribution in [0, 0.1) is 12.3 Å². The molecule has 1 aromatic carbocycles. The molecule has 1 N–H and O–H groups in total. The molecule has 4 nitrogen and oxygen atoms in total. The molecule has 2 rings (SSSR count). The first-order valence-electron chi connectivity index (χ1n) is 6.98. The number of amides is 1. The van der Waals surface area contributed by atoms with Crippen molar-refractivity contribution in [1.82, 2.24) is 4.90 Å². The lowest BCUT2D eigenvalue weighted by molar-refractivity contribution is 0.0983. The van der Waals surface area contributed by atoms with Gasteiger partial charge in [-0.05, 0) is 38.0 Å². The predicted molar refractivity (Wildman–Crippen MR) is 79.6 cm³/mol. The van der Waals surface area contributed by atoms with Gasteiger partial charge in [-0.2, -0.15) is 0 Å². The molecule has 0 aliphatic carbocycles. The van der Waals surface area contributed by atoms with Gasteiger partial charge in [-0.1, -0.05) is 12.0 Å². The van der Waals surface area contributed by atoms with Gasteiger partial charge in [0, 0.05) is 30.4 Å². The van der Waals surface area contributed by atoms with Crippen molar-refractivity contribution >= 4 is 11.8 Å². The van der Waals surface area contributed by atoms with Crippen molar-refractivity contribution in [2.45, 2.75) is 25.8 Å². The molecule has 1 aromatic rings. The number of likely N-dealkylation sites (tertiary alicyclic amines) is 1. The van der Waals surface area contributed by atoms with Crippen LogP contribution < -0.4 is 5.32 Å². The number of hydrogen-bond acceptors (Lipinski definition) is 3. The number of carbonyl (C=O) groups is 1. The van der Waals surface area contributed by atoms with E-state index in [1.165, 1.54) is 0 Å². The summed E-state index contributed by atoms with van der Waals surface area (Å²) in [6, 6.07) is 8.21.